The van der Waals surface area contributed by atoms with Crippen LogP contribution in [0.5, 0.6) is 0 Å². The molecule has 5 fully saturated rings. The number of aliphatic hydroxyl groups excluding tert-OH is 1. The van der Waals surface area contributed by atoms with Gasteiger partial charge in [0, 0.05) is 28.4 Å². The molecule has 0 radical (unpaired) electrons. The van der Waals surface area contributed by atoms with Gasteiger partial charge in [0.1, 0.15) is 12.8 Å². The van der Waals surface area contributed by atoms with Crippen molar-refractivity contribution < 1.29 is 51.8 Å². The number of phosphoric acid groups is 1. The lowest BCUT2D eigenvalue weighted by molar-refractivity contribution is -0.235. The molecule has 48 heavy (non-hydrogen) atoms. The third-order valence-electron chi connectivity index (χ3n) is 12.8. The van der Waals surface area contributed by atoms with E-state index in [0.29, 0.717) is 11.5 Å². The largest absolute Gasteiger partial charge is 0.470 e. The fourth-order valence-corrected chi connectivity index (χ4v) is 10.7. The van der Waals surface area contributed by atoms with Gasteiger partial charge in [0.2, 0.25) is 0 Å². The fourth-order valence-electron chi connectivity index (χ4n) is 10.4. The molecule has 6 aliphatic rings. The van der Waals surface area contributed by atoms with E-state index in [-0.39, 0.29) is 30.9 Å². The Balaban J connectivity index is 1.21. The Morgan fingerprint density at radius 3 is 2.46 bits per heavy atom. The topological polar surface area (TPSA) is 166 Å². The van der Waals surface area contributed by atoms with Crippen LogP contribution in [0.3, 0.4) is 0 Å². The van der Waals surface area contributed by atoms with Crippen LogP contribution in [0.15, 0.2) is 48.1 Å². The smallest absolute Gasteiger partial charge is 0.390 e. The van der Waals surface area contributed by atoms with Gasteiger partial charge < -0.3 is 30.1 Å². The van der Waals surface area contributed by atoms with E-state index in [0.717, 1.165) is 43.7 Å². The summed E-state index contributed by atoms with van der Waals surface area (Å²) in [5, 5.41) is 11.8. The molecule has 1 aromatic carbocycles. The number of benzene rings is 1. The normalized spacial score (nSPS) is 45.2. The Morgan fingerprint density at radius 1 is 1.10 bits per heavy atom. The molecule has 0 bridgehead atoms. The van der Waals surface area contributed by atoms with E-state index >= 15 is 8.78 Å². The first-order valence-electron chi connectivity index (χ1n) is 16.9. The number of rotatable bonds is 7. The lowest BCUT2D eigenvalue weighted by Gasteiger charge is -2.63. The number of ether oxygens (including phenoxy) is 2. The van der Waals surface area contributed by atoms with Crippen molar-refractivity contribution in [2.45, 2.75) is 107 Å². The van der Waals surface area contributed by atoms with Crippen molar-refractivity contribution in [3.63, 3.8) is 0 Å². The predicted octanol–water partition coefficient (Wildman–Crippen LogP) is 4.51. The van der Waals surface area contributed by atoms with E-state index in [1.165, 1.54) is 19.1 Å². The highest BCUT2D eigenvalue weighted by atomic mass is 31.2. The lowest BCUT2D eigenvalue weighted by Crippen LogP contribution is -2.70. The van der Waals surface area contributed by atoms with E-state index in [9.17, 15) is 29.0 Å². The minimum atomic E-state index is -5.07. The number of alkyl halides is 2. The van der Waals surface area contributed by atoms with Crippen molar-refractivity contribution in [3.05, 3.63) is 59.2 Å². The molecule has 5 N–H and O–H groups in total. The Hall–Kier alpha value is -2.15. The summed E-state index contributed by atoms with van der Waals surface area (Å²) in [5.74, 6) is -2.55. The quantitative estimate of drug-likeness (QED) is 0.299. The molecule has 5 aliphatic carbocycles. The molecule has 1 heterocycles. The predicted molar refractivity (Wildman–Crippen MR) is 169 cm³/mol. The van der Waals surface area contributed by atoms with Gasteiger partial charge in [-0.3, -0.25) is 14.1 Å². The molecule has 10 atom stereocenters. The summed E-state index contributed by atoms with van der Waals surface area (Å²) < 4.78 is 63.0. The molecule has 7 rings (SSSR count). The van der Waals surface area contributed by atoms with Crippen LogP contribution in [0.1, 0.15) is 76.2 Å². The summed E-state index contributed by atoms with van der Waals surface area (Å²) in [6.45, 7) is 2.17. The van der Waals surface area contributed by atoms with Gasteiger partial charge in [-0.2, -0.15) is 0 Å². The van der Waals surface area contributed by atoms with Crippen LogP contribution in [0, 0.1) is 28.6 Å². The zero-order chi connectivity index (χ0) is 34.4. The number of hydrogen-bond donors (Lipinski definition) is 4. The van der Waals surface area contributed by atoms with Gasteiger partial charge in [-0.05, 0) is 93.4 Å². The van der Waals surface area contributed by atoms with Crippen molar-refractivity contribution >= 4 is 19.4 Å². The Labute approximate surface area is 278 Å². The summed E-state index contributed by atoms with van der Waals surface area (Å²) in [6.07, 6.45) is 2.76. The zero-order valence-corrected chi connectivity index (χ0v) is 28.0. The molecule has 10 nitrogen and oxygen atoms in total. The molecule has 262 valence electrons. The molecule has 4 saturated carbocycles. The third-order valence-corrected chi connectivity index (χ3v) is 13.3. The van der Waals surface area contributed by atoms with Crippen molar-refractivity contribution in [3.8, 4) is 0 Å². The maximum Gasteiger partial charge on any atom is 0.470 e. The number of aliphatic hydroxyl groups is 1. The van der Waals surface area contributed by atoms with E-state index < -0.39 is 84.6 Å². The summed E-state index contributed by atoms with van der Waals surface area (Å²) >= 11 is 0. The van der Waals surface area contributed by atoms with Crippen LogP contribution in [-0.2, 0) is 34.6 Å². The number of halogens is 2. The summed E-state index contributed by atoms with van der Waals surface area (Å²) in [5.41, 5.74) is 0.590. The van der Waals surface area contributed by atoms with Crippen molar-refractivity contribution in [2.24, 2.45) is 34.3 Å². The maximum absolute atomic E-state index is 17.7. The first-order valence-corrected chi connectivity index (χ1v) is 18.4. The second-order valence-corrected chi connectivity index (χ2v) is 16.6. The first-order chi connectivity index (χ1) is 22.5. The highest BCUT2D eigenvalue weighted by Crippen LogP contribution is 2.72. The van der Waals surface area contributed by atoms with Crippen molar-refractivity contribution in [2.75, 3.05) is 6.61 Å². The van der Waals surface area contributed by atoms with E-state index in [4.69, 9.17) is 15.2 Å². The second kappa shape index (κ2) is 11.7. The molecule has 1 saturated heterocycles. The monoisotopic (exact) mass is 691 g/mol. The number of fused-ring (bicyclic) bond motifs is 7. The van der Waals surface area contributed by atoms with Gasteiger partial charge in [0.15, 0.2) is 29.1 Å². The Bertz CT molecular complexity index is 1590. The highest BCUT2D eigenvalue weighted by molar-refractivity contribution is 7.46. The maximum atomic E-state index is 17.7. The molecule has 0 aromatic heterocycles. The number of hydrogen-bond acceptors (Lipinski definition) is 8. The number of carbonyl (C=O) groups excluding carboxylic acids is 2. The molecule has 0 spiro atoms. The van der Waals surface area contributed by atoms with Crippen molar-refractivity contribution in [1.82, 2.24) is 0 Å². The Kier molecular flexibility index (Phi) is 8.36. The number of Topliss-reactive ketones (excluding diaryl/α,β-unsaturated/α-hetero) is 1. The molecule has 1 aliphatic heterocycles. The Morgan fingerprint density at radius 2 is 1.79 bits per heavy atom. The third kappa shape index (κ3) is 5.08. The molecule has 0 unspecified atom stereocenters. The van der Waals surface area contributed by atoms with Gasteiger partial charge in [-0.15, -0.1) is 0 Å². The first kappa shape index (κ1) is 34.3. The van der Waals surface area contributed by atoms with Gasteiger partial charge in [-0.1, -0.05) is 37.3 Å². The standard InChI is InChI=1S/C35H44F2NO9P/c1-32-12-11-23(39)14-26(32)27(36)15-25-24-16-30-35(29(41)18-45-48(42,43)44,33(24,2)17-28(40)34(25,32)37)47-31(46-30)21-7-3-19(4-8-21)13-20-5-9-22(38)10-6-20/h3-4,7-8,11-12,14,20,22,24-25,27-28,30-31,40H,5-6,9-10,13,15-18,38H2,1-2H3,(H2,42,43,44)/t20?,22?,24-,25-,27-,28-,30+,31+,32-,33-,34-,35+/m0/s1. The number of allylic oxidation sites excluding steroid dienone is 4. The molecule has 13 heteroatoms. The van der Waals surface area contributed by atoms with Gasteiger partial charge in [0.05, 0.1) is 12.2 Å². The fraction of sp³-hybridized carbons (Fsp3) is 0.657. The van der Waals surface area contributed by atoms with Crippen molar-refractivity contribution in [1.29, 1.82) is 0 Å². The number of ketones is 2. The number of phosphoric ester groups is 1. The average Bonchev–Trinajstić information content (AvgIpc) is 3.53. The zero-order valence-electron chi connectivity index (χ0n) is 27.1. The average molecular weight is 692 g/mol. The van der Waals surface area contributed by atoms with Gasteiger partial charge in [-0.25, -0.2) is 13.3 Å². The molecule has 1 aromatic rings. The number of carbonyl (C=O) groups is 2. The van der Waals surface area contributed by atoms with Crippen LogP contribution in [0.4, 0.5) is 8.78 Å². The van der Waals surface area contributed by atoms with Crippen LogP contribution < -0.4 is 5.73 Å². The molecular formula is C35H44F2NO9P. The summed E-state index contributed by atoms with van der Waals surface area (Å²) in [7, 11) is -5.07. The lowest BCUT2D eigenvalue weighted by atomic mass is 9.44. The van der Waals surface area contributed by atoms with Gasteiger partial charge >= 0.3 is 7.82 Å². The minimum Gasteiger partial charge on any atom is -0.390 e. The van der Waals surface area contributed by atoms with E-state index in [1.54, 1.807) is 6.92 Å². The van der Waals surface area contributed by atoms with Crippen LogP contribution >= 0.6 is 7.82 Å². The summed E-state index contributed by atoms with van der Waals surface area (Å²) in [4.78, 5) is 45.2. The molecular weight excluding hydrogens is 647 g/mol. The van der Waals surface area contributed by atoms with Gasteiger partial charge in [0.25, 0.3) is 0 Å². The SMILES string of the molecule is C[C@]12C=CC(=O)C=C1[C@@H](F)C[C@H]1[C@@H]3C[C@H]4O[C@@H](c5ccc(CC6CCC(N)CC6)cc5)O[C@@]4(C(=O)COP(=O)(O)O)[C@@]3(C)C[C@H](O)[C@@]12F. The van der Waals surface area contributed by atoms with E-state index in [2.05, 4.69) is 4.52 Å². The van der Waals surface area contributed by atoms with E-state index in [1.807, 2.05) is 24.3 Å². The highest BCUT2D eigenvalue weighted by Gasteiger charge is 2.80. The summed E-state index contributed by atoms with van der Waals surface area (Å²) in [6, 6.07) is 7.96. The second-order valence-electron chi connectivity index (χ2n) is 15.3. The molecule has 0 amide bonds. The number of nitrogens with two attached hydrogens (primary N) is 1. The van der Waals surface area contributed by atoms with Crippen LogP contribution in [-0.4, -0.2) is 68.8 Å². The van der Waals surface area contributed by atoms with Crippen LogP contribution in [0.25, 0.3) is 0 Å². The van der Waals surface area contributed by atoms with Crippen LogP contribution in [0.2, 0.25) is 0 Å². The minimum absolute atomic E-state index is 0.0153.